The van der Waals surface area contributed by atoms with Crippen molar-refractivity contribution in [2.75, 3.05) is 14.2 Å². The first kappa shape index (κ1) is 14.9. The van der Waals surface area contributed by atoms with E-state index in [0.29, 0.717) is 18.1 Å². The Labute approximate surface area is 122 Å². The first-order valence-electron chi connectivity index (χ1n) is 6.45. The van der Waals surface area contributed by atoms with E-state index in [9.17, 15) is 9.90 Å². The van der Waals surface area contributed by atoms with Crippen molar-refractivity contribution in [2.24, 2.45) is 5.73 Å². The Balaban J connectivity index is 2.10. The third-order valence-electron chi connectivity index (χ3n) is 3.08. The predicted octanol–water partition coefficient (Wildman–Crippen LogP) is 1.72. The summed E-state index contributed by atoms with van der Waals surface area (Å²) in [6.45, 7) is 0.625. The Morgan fingerprint density at radius 2 is 2.14 bits per heavy atom. The van der Waals surface area contributed by atoms with Gasteiger partial charge in [-0.3, -0.25) is 4.79 Å². The number of phenols is 1. The van der Waals surface area contributed by atoms with Crippen LogP contribution in [0.15, 0.2) is 34.7 Å². The second-order valence-electron chi connectivity index (χ2n) is 4.64. The molecule has 3 N–H and O–H groups in total. The summed E-state index contributed by atoms with van der Waals surface area (Å²) in [6, 6.07) is 8.25. The van der Waals surface area contributed by atoms with E-state index in [1.54, 1.807) is 31.3 Å². The van der Waals surface area contributed by atoms with Crippen LogP contribution in [0.4, 0.5) is 0 Å². The number of ether oxygens (including phenoxy) is 1. The van der Waals surface area contributed by atoms with E-state index >= 15 is 0 Å². The van der Waals surface area contributed by atoms with Crippen molar-refractivity contribution in [3.05, 3.63) is 47.4 Å². The van der Waals surface area contributed by atoms with Gasteiger partial charge in [-0.15, -0.1) is 0 Å². The lowest BCUT2D eigenvalue weighted by atomic mass is 10.2. The van der Waals surface area contributed by atoms with Crippen LogP contribution in [0.25, 0.3) is 0 Å². The highest BCUT2D eigenvalue weighted by Gasteiger charge is 2.16. The maximum absolute atomic E-state index is 12.2. The molecule has 1 heterocycles. The van der Waals surface area contributed by atoms with Crippen molar-refractivity contribution >= 4 is 5.91 Å². The molecular weight excluding hydrogens is 272 g/mol. The second-order valence-corrected chi connectivity index (χ2v) is 4.64. The van der Waals surface area contributed by atoms with Gasteiger partial charge in [0.25, 0.3) is 5.91 Å². The number of hydrogen-bond donors (Lipinski definition) is 2. The van der Waals surface area contributed by atoms with Crippen LogP contribution >= 0.6 is 0 Å². The fourth-order valence-electron chi connectivity index (χ4n) is 1.96. The third-order valence-corrected chi connectivity index (χ3v) is 3.08. The molecule has 0 fully saturated rings. The molecule has 0 saturated carbocycles. The summed E-state index contributed by atoms with van der Waals surface area (Å²) in [5.74, 6) is 1.02. The van der Waals surface area contributed by atoms with E-state index in [-0.39, 0.29) is 24.0 Å². The Kier molecular flexibility index (Phi) is 4.49. The molecule has 0 aliphatic heterocycles. The van der Waals surface area contributed by atoms with Crippen molar-refractivity contribution in [2.45, 2.75) is 13.1 Å². The van der Waals surface area contributed by atoms with Crippen LogP contribution in [-0.2, 0) is 13.1 Å². The molecule has 0 spiro atoms. The molecule has 0 aliphatic rings. The summed E-state index contributed by atoms with van der Waals surface area (Å²) in [5, 5.41) is 9.55. The van der Waals surface area contributed by atoms with Crippen LogP contribution in [0.2, 0.25) is 0 Å². The number of methoxy groups -OCH3 is 1. The molecule has 0 bridgehead atoms. The molecule has 2 rings (SSSR count). The van der Waals surface area contributed by atoms with E-state index in [4.69, 9.17) is 14.9 Å². The number of benzene rings is 1. The van der Waals surface area contributed by atoms with Gasteiger partial charge in [-0.25, -0.2) is 0 Å². The van der Waals surface area contributed by atoms with Crippen molar-refractivity contribution in [3.63, 3.8) is 0 Å². The lowest BCUT2D eigenvalue weighted by molar-refractivity contribution is 0.0751. The number of rotatable bonds is 5. The number of amides is 1. The zero-order valence-corrected chi connectivity index (χ0v) is 12.0. The zero-order valence-electron chi connectivity index (χ0n) is 12.0. The predicted molar refractivity (Wildman–Crippen MR) is 77.1 cm³/mol. The van der Waals surface area contributed by atoms with Crippen LogP contribution in [0.3, 0.4) is 0 Å². The van der Waals surface area contributed by atoms with E-state index in [1.165, 1.54) is 18.1 Å². The lowest BCUT2D eigenvalue weighted by Gasteiger charge is -2.16. The van der Waals surface area contributed by atoms with Gasteiger partial charge in [-0.05, 0) is 29.8 Å². The van der Waals surface area contributed by atoms with Gasteiger partial charge in [0, 0.05) is 13.6 Å². The molecule has 21 heavy (non-hydrogen) atoms. The highest BCUT2D eigenvalue weighted by Crippen LogP contribution is 2.26. The third kappa shape index (κ3) is 3.35. The first-order valence-corrected chi connectivity index (χ1v) is 6.45. The minimum atomic E-state index is -0.234. The van der Waals surface area contributed by atoms with Gasteiger partial charge in [-0.2, -0.15) is 0 Å². The number of furan rings is 1. The number of aromatic hydroxyl groups is 1. The topological polar surface area (TPSA) is 88.9 Å². The van der Waals surface area contributed by atoms with Gasteiger partial charge in [-0.1, -0.05) is 6.07 Å². The normalized spacial score (nSPS) is 10.4. The average Bonchev–Trinajstić information content (AvgIpc) is 2.97. The van der Waals surface area contributed by atoms with Gasteiger partial charge in [0.1, 0.15) is 5.76 Å². The lowest BCUT2D eigenvalue weighted by Crippen LogP contribution is -2.25. The molecule has 112 valence electrons. The molecule has 0 unspecified atom stereocenters. The fourth-order valence-corrected chi connectivity index (χ4v) is 1.96. The maximum Gasteiger partial charge on any atom is 0.289 e. The van der Waals surface area contributed by atoms with Crippen molar-refractivity contribution < 1.29 is 19.1 Å². The van der Waals surface area contributed by atoms with Gasteiger partial charge in [0.15, 0.2) is 17.3 Å². The number of nitrogens with zero attached hydrogens (tertiary/aromatic N) is 1. The van der Waals surface area contributed by atoms with Crippen molar-refractivity contribution in [1.29, 1.82) is 0 Å². The second kappa shape index (κ2) is 6.32. The first-order chi connectivity index (χ1) is 10.0. The number of carbonyl (C=O) groups is 1. The van der Waals surface area contributed by atoms with Gasteiger partial charge < -0.3 is 24.9 Å². The number of nitrogens with two attached hydrogens (primary N) is 1. The van der Waals surface area contributed by atoms with Gasteiger partial charge in [0.2, 0.25) is 0 Å². The summed E-state index contributed by atoms with van der Waals surface area (Å²) in [7, 11) is 3.15. The highest BCUT2D eigenvalue weighted by molar-refractivity contribution is 5.91. The van der Waals surface area contributed by atoms with Crippen LogP contribution < -0.4 is 10.5 Å². The molecule has 0 radical (unpaired) electrons. The quantitative estimate of drug-likeness (QED) is 0.875. The van der Waals surface area contributed by atoms with Crippen LogP contribution in [0, 0.1) is 0 Å². The summed E-state index contributed by atoms with van der Waals surface area (Å²) in [6.07, 6.45) is 0. The molecule has 0 atom stereocenters. The molecule has 1 aromatic carbocycles. The summed E-state index contributed by atoms with van der Waals surface area (Å²) in [5.41, 5.74) is 6.29. The van der Waals surface area contributed by atoms with Crippen LogP contribution in [0.1, 0.15) is 21.9 Å². The molecule has 0 aliphatic carbocycles. The SMILES string of the molecule is COc1cc(CN(C)C(=O)c2ccc(CN)o2)ccc1O. The summed E-state index contributed by atoms with van der Waals surface area (Å²) >= 11 is 0. The Hall–Kier alpha value is -2.47. The molecule has 6 nitrogen and oxygen atoms in total. The van der Waals surface area contributed by atoms with Gasteiger partial charge in [0.05, 0.1) is 13.7 Å². The number of phenolic OH excluding ortho intramolecular Hbond substituents is 1. The largest absolute Gasteiger partial charge is 0.504 e. The molecule has 6 heteroatoms. The minimum Gasteiger partial charge on any atom is -0.504 e. The Morgan fingerprint density at radius 1 is 1.38 bits per heavy atom. The van der Waals surface area contributed by atoms with E-state index in [1.807, 2.05) is 0 Å². The molecular formula is C15H18N2O4. The molecule has 0 saturated heterocycles. The van der Waals surface area contributed by atoms with E-state index < -0.39 is 0 Å². The van der Waals surface area contributed by atoms with Gasteiger partial charge >= 0.3 is 0 Å². The standard InChI is InChI=1S/C15H18N2O4/c1-17(15(19)13-6-4-11(8-16)21-13)9-10-3-5-12(18)14(7-10)20-2/h3-7,18H,8-9,16H2,1-2H3. The zero-order chi connectivity index (χ0) is 15.4. The van der Waals surface area contributed by atoms with Crippen molar-refractivity contribution in [1.82, 2.24) is 4.90 Å². The van der Waals surface area contributed by atoms with E-state index in [0.717, 1.165) is 5.56 Å². The van der Waals surface area contributed by atoms with Crippen LogP contribution in [0.5, 0.6) is 11.5 Å². The smallest absolute Gasteiger partial charge is 0.289 e. The maximum atomic E-state index is 12.2. The molecule has 1 amide bonds. The van der Waals surface area contributed by atoms with E-state index in [2.05, 4.69) is 0 Å². The minimum absolute atomic E-state index is 0.0638. The summed E-state index contributed by atoms with van der Waals surface area (Å²) < 4.78 is 10.4. The average molecular weight is 290 g/mol. The number of carbonyl (C=O) groups excluding carboxylic acids is 1. The monoisotopic (exact) mass is 290 g/mol. The Bertz CT molecular complexity index is 636. The molecule has 1 aromatic heterocycles. The molecule has 2 aromatic rings. The Morgan fingerprint density at radius 3 is 2.76 bits per heavy atom. The fraction of sp³-hybridized carbons (Fsp3) is 0.267. The van der Waals surface area contributed by atoms with Crippen molar-refractivity contribution in [3.8, 4) is 11.5 Å². The van der Waals surface area contributed by atoms with Crippen LogP contribution in [-0.4, -0.2) is 30.1 Å². The highest BCUT2D eigenvalue weighted by atomic mass is 16.5. The number of hydrogen-bond acceptors (Lipinski definition) is 5. The summed E-state index contributed by atoms with van der Waals surface area (Å²) in [4.78, 5) is 13.7.